The van der Waals surface area contributed by atoms with Gasteiger partial charge in [0.1, 0.15) is 5.60 Å². The minimum Gasteiger partial charge on any atom is -0.444 e. The average molecular weight is 623 g/mol. The second-order valence-corrected chi connectivity index (χ2v) is 11.2. The molecule has 236 valence electrons. The normalized spacial score (nSPS) is 15.5. The molecule has 0 bridgehead atoms. The highest BCUT2D eigenvalue weighted by Crippen LogP contribution is 2.25. The molecule has 0 radical (unpaired) electrons. The van der Waals surface area contributed by atoms with E-state index < -0.39 is 64.1 Å². The number of nitrogens with one attached hydrogen (secondary N) is 1. The first-order chi connectivity index (χ1) is 20.7. The third-order valence-electron chi connectivity index (χ3n) is 6.87. The van der Waals surface area contributed by atoms with E-state index in [9.17, 15) is 36.3 Å². The maximum Gasteiger partial charge on any atom is 0.407 e. The molecule has 1 aliphatic heterocycles. The van der Waals surface area contributed by atoms with Crippen LogP contribution in [0.25, 0.3) is 17.2 Å². The molecule has 0 saturated carbocycles. The lowest BCUT2D eigenvalue weighted by atomic mass is 10.1. The Balaban J connectivity index is 1.73. The fraction of sp³-hybridized carbons (Fsp3) is 0.448. The Labute approximate surface area is 248 Å². The van der Waals surface area contributed by atoms with Gasteiger partial charge in [-0.15, -0.1) is 5.92 Å². The van der Waals surface area contributed by atoms with Crippen molar-refractivity contribution in [3.8, 4) is 11.8 Å². The van der Waals surface area contributed by atoms with E-state index in [0.717, 1.165) is 15.2 Å². The molecule has 1 aliphatic rings. The zero-order valence-corrected chi connectivity index (χ0v) is 24.7. The number of aryl methyl sites for hydroxylation is 1. The summed E-state index contributed by atoms with van der Waals surface area (Å²) in [5, 5.41) is 2.85. The smallest absolute Gasteiger partial charge is 0.407 e. The fourth-order valence-electron chi connectivity index (χ4n) is 4.87. The molecule has 1 amide bonds. The second kappa shape index (κ2) is 12.6. The van der Waals surface area contributed by atoms with Gasteiger partial charge in [-0.25, -0.2) is 31.5 Å². The molecule has 0 aliphatic carbocycles. The number of imidazole rings is 1. The second-order valence-electron chi connectivity index (χ2n) is 11.2. The molecule has 4 rings (SSSR count). The van der Waals surface area contributed by atoms with Crippen molar-refractivity contribution in [3.63, 3.8) is 0 Å². The summed E-state index contributed by atoms with van der Waals surface area (Å²) in [5.41, 5.74) is -3.46. The molecule has 1 saturated heterocycles. The lowest BCUT2D eigenvalue weighted by molar-refractivity contribution is 0.0499. The van der Waals surface area contributed by atoms with Crippen LogP contribution in [0.2, 0.25) is 0 Å². The summed E-state index contributed by atoms with van der Waals surface area (Å²) >= 11 is 0. The molecule has 0 unspecified atom stereocenters. The summed E-state index contributed by atoms with van der Waals surface area (Å²) in [6.45, 7) is 7.20. The Kier molecular flexibility index (Phi) is 9.22. The molecular formula is C29H31F5N6O4. The van der Waals surface area contributed by atoms with Crippen molar-refractivity contribution in [2.45, 2.75) is 65.3 Å². The molecule has 44 heavy (non-hydrogen) atoms. The summed E-state index contributed by atoms with van der Waals surface area (Å²) in [7, 11) is 1.38. The first kappa shape index (κ1) is 32.3. The molecule has 1 atom stereocenters. The summed E-state index contributed by atoms with van der Waals surface area (Å²) in [6, 6.07) is -0.295. The van der Waals surface area contributed by atoms with Gasteiger partial charge in [-0.3, -0.25) is 18.5 Å². The summed E-state index contributed by atoms with van der Waals surface area (Å²) in [5.74, 6) is -4.65. The number of anilines is 1. The van der Waals surface area contributed by atoms with Gasteiger partial charge in [-0.1, -0.05) is 18.1 Å². The Hall–Kier alpha value is -4.61. The molecule has 1 N–H and O–H groups in total. The van der Waals surface area contributed by atoms with Crippen LogP contribution in [0.5, 0.6) is 0 Å². The number of rotatable bonds is 6. The van der Waals surface area contributed by atoms with Crippen molar-refractivity contribution < 1.29 is 31.5 Å². The minimum atomic E-state index is -2.30. The standard InChI is InChI=1S/C29H31F5N6O4/c1-6-7-13-39-23-24(36-26(39)38-12-8-10-16(15-38)35-27(42)44-29(2,3)4)37(5)28(43)40(25(23)41)14-9-11-17-18(30)20(32)22(34)21(33)19(17)31/h9,11,16H,8,10,12-15H2,1-5H3,(H,35,42)/b11-9+/t16-/m1/s1. The van der Waals surface area contributed by atoms with E-state index in [0.29, 0.717) is 38.0 Å². The lowest BCUT2D eigenvalue weighted by Crippen LogP contribution is -2.49. The SMILES string of the molecule is CC#CCn1c(N2CCC[C@@H](NC(=O)OC(C)(C)C)C2)nc2c1c(=O)n(C/C=C/c1c(F)c(F)c(F)c(F)c1F)c(=O)n2C. The van der Waals surface area contributed by atoms with E-state index in [1.54, 1.807) is 27.7 Å². The molecule has 3 aromatic rings. The summed E-state index contributed by atoms with van der Waals surface area (Å²) in [6.07, 6.45) is 2.33. The quantitative estimate of drug-likeness (QED) is 0.194. The number of aromatic nitrogens is 4. The van der Waals surface area contributed by atoms with Crippen molar-refractivity contribution >= 4 is 29.3 Å². The summed E-state index contributed by atoms with van der Waals surface area (Å²) < 4.78 is 77.6. The number of hydrogen-bond donors (Lipinski definition) is 1. The van der Waals surface area contributed by atoms with Crippen LogP contribution in [0.4, 0.5) is 32.7 Å². The first-order valence-corrected chi connectivity index (χ1v) is 13.7. The highest BCUT2D eigenvalue weighted by molar-refractivity contribution is 5.75. The molecule has 1 fully saturated rings. The van der Waals surface area contributed by atoms with E-state index in [-0.39, 0.29) is 23.8 Å². The number of alkyl carbamates (subject to hydrolysis) is 1. The maximum absolute atomic E-state index is 14.1. The number of carbonyl (C=O) groups excluding carboxylic acids is 1. The number of halogens is 5. The largest absolute Gasteiger partial charge is 0.444 e. The first-order valence-electron chi connectivity index (χ1n) is 13.7. The van der Waals surface area contributed by atoms with Crippen LogP contribution in [0.15, 0.2) is 15.7 Å². The van der Waals surface area contributed by atoms with E-state index in [1.807, 2.05) is 4.90 Å². The van der Waals surface area contributed by atoms with Gasteiger partial charge in [-0.05, 0) is 40.5 Å². The number of amides is 1. The van der Waals surface area contributed by atoms with Crippen molar-refractivity contribution in [2.75, 3.05) is 18.0 Å². The topological polar surface area (TPSA) is 103 Å². The van der Waals surface area contributed by atoms with Crippen LogP contribution in [0.3, 0.4) is 0 Å². The van der Waals surface area contributed by atoms with Crippen molar-refractivity contribution in [1.29, 1.82) is 0 Å². The van der Waals surface area contributed by atoms with E-state index in [1.165, 1.54) is 11.6 Å². The third kappa shape index (κ3) is 6.34. The van der Waals surface area contributed by atoms with E-state index in [2.05, 4.69) is 22.1 Å². The molecular weight excluding hydrogens is 591 g/mol. The van der Waals surface area contributed by atoms with Gasteiger partial charge in [0.05, 0.1) is 12.1 Å². The zero-order chi connectivity index (χ0) is 32.5. The van der Waals surface area contributed by atoms with Gasteiger partial charge in [-0.2, -0.15) is 4.98 Å². The molecule has 1 aromatic carbocycles. The molecule has 0 spiro atoms. The Morgan fingerprint density at radius 3 is 2.32 bits per heavy atom. The van der Waals surface area contributed by atoms with Gasteiger partial charge >= 0.3 is 11.8 Å². The Morgan fingerprint density at radius 2 is 1.70 bits per heavy atom. The molecule has 3 heterocycles. The number of benzene rings is 1. The van der Waals surface area contributed by atoms with Crippen LogP contribution in [0, 0.1) is 40.9 Å². The fourth-order valence-corrected chi connectivity index (χ4v) is 4.87. The summed E-state index contributed by atoms with van der Waals surface area (Å²) in [4.78, 5) is 45.6. The number of hydrogen-bond acceptors (Lipinski definition) is 6. The van der Waals surface area contributed by atoms with Gasteiger partial charge in [0, 0.05) is 32.7 Å². The van der Waals surface area contributed by atoms with Crippen LogP contribution in [-0.4, -0.2) is 49.5 Å². The van der Waals surface area contributed by atoms with Crippen molar-refractivity contribution in [3.05, 3.63) is 61.6 Å². The van der Waals surface area contributed by atoms with Crippen LogP contribution >= 0.6 is 0 Å². The van der Waals surface area contributed by atoms with Gasteiger partial charge in [0.15, 0.2) is 34.4 Å². The Bertz CT molecular complexity index is 1800. The maximum atomic E-state index is 14.1. The number of piperidine rings is 1. The van der Waals surface area contributed by atoms with Crippen molar-refractivity contribution in [2.24, 2.45) is 7.05 Å². The molecule has 15 heteroatoms. The molecule has 10 nitrogen and oxygen atoms in total. The average Bonchev–Trinajstić information content (AvgIpc) is 3.35. The monoisotopic (exact) mass is 622 g/mol. The lowest BCUT2D eigenvalue weighted by Gasteiger charge is -2.34. The minimum absolute atomic E-state index is 0.0108. The van der Waals surface area contributed by atoms with Crippen LogP contribution in [-0.2, 0) is 24.9 Å². The van der Waals surface area contributed by atoms with Gasteiger partial charge < -0.3 is 15.0 Å². The highest BCUT2D eigenvalue weighted by Gasteiger charge is 2.29. The predicted molar refractivity (Wildman–Crippen MR) is 153 cm³/mol. The third-order valence-corrected chi connectivity index (χ3v) is 6.87. The molecule has 2 aromatic heterocycles. The van der Waals surface area contributed by atoms with Crippen molar-refractivity contribution in [1.82, 2.24) is 24.0 Å². The Morgan fingerprint density at radius 1 is 1.07 bits per heavy atom. The van der Waals surface area contributed by atoms with Crippen LogP contribution in [0.1, 0.15) is 46.1 Å². The van der Waals surface area contributed by atoms with Gasteiger partial charge in [0.2, 0.25) is 11.8 Å². The number of allylic oxidation sites excluding steroid dienone is 1. The van der Waals surface area contributed by atoms with Crippen LogP contribution < -0.4 is 21.5 Å². The number of nitrogens with zero attached hydrogens (tertiary/aromatic N) is 5. The number of carbonyl (C=O) groups is 1. The van der Waals surface area contributed by atoms with E-state index in [4.69, 9.17) is 4.74 Å². The van der Waals surface area contributed by atoms with E-state index >= 15 is 0 Å². The number of fused-ring (bicyclic) bond motifs is 1. The zero-order valence-electron chi connectivity index (χ0n) is 24.7. The number of ether oxygens (including phenoxy) is 1. The highest BCUT2D eigenvalue weighted by atomic mass is 19.2. The predicted octanol–water partition coefficient (Wildman–Crippen LogP) is 3.82. The van der Waals surface area contributed by atoms with Gasteiger partial charge in [0.25, 0.3) is 5.56 Å².